The number of carboxylic acids is 1. The fourth-order valence-electron chi connectivity index (χ4n) is 1.60. The highest BCUT2D eigenvalue weighted by molar-refractivity contribution is 7.09. The van der Waals surface area contributed by atoms with Gasteiger partial charge in [0.1, 0.15) is 11.6 Å². The van der Waals surface area contributed by atoms with E-state index in [1.807, 2.05) is 0 Å². The van der Waals surface area contributed by atoms with E-state index in [0.717, 1.165) is 0 Å². The molecule has 19 heavy (non-hydrogen) atoms. The average Bonchev–Trinajstić information content (AvgIpc) is 2.77. The van der Waals surface area contributed by atoms with Crippen LogP contribution >= 0.6 is 11.5 Å². The van der Waals surface area contributed by atoms with Crippen LogP contribution in [0.25, 0.3) is 0 Å². The van der Waals surface area contributed by atoms with Crippen molar-refractivity contribution in [2.45, 2.75) is 12.8 Å². The maximum Gasteiger partial charge on any atom is 0.312 e. The van der Waals surface area contributed by atoms with Crippen LogP contribution in [0.3, 0.4) is 0 Å². The average molecular weight is 281 g/mol. The molecule has 0 aliphatic carbocycles. The van der Waals surface area contributed by atoms with Crippen LogP contribution in [0.2, 0.25) is 0 Å². The van der Waals surface area contributed by atoms with Crippen molar-refractivity contribution in [1.29, 1.82) is 0 Å². The summed E-state index contributed by atoms with van der Waals surface area (Å²) in [7, 11) is 0. The summed E-state index contributed by atoms with van der Waals surface area (Å²) in [5.74, 6) is -1.48. The predicted molar refractivity (Wildman–Crippen MR) is 69.9 cm³/mol. The van der Waals surface area contributed by atoms with Gasteiger partial charge in [0.25, 0.3) is 0 Å². The minimum atomic E-state index is -0.972. The molecule has 2 rings (SSSR count). The number of nitrogens with zero attached hydrogens (tertiary/aromatic N) is 2. The van der Waals surface area contributed by atoms with E-state index in [0.29, 0.717) is 16.5 Å². The lowest BCUT2D eigenvalue weighted by atomic mass is 9.99. The summed E-state index contributed by atoms with van der Waals surface area (Å²) in [5, 5.41) is 12.7. The van der Waals surface area contributed by atoms with E-state index >= 15 is 0 Å². The molecule has 0 radical (unpaired) electrons. The highest BCUT2D eigenvalue weighted by atomic mass is 32.1. The summed E-state index contributed by atoms with van der Waals surface area (Å²) in [6.45, 7) is 1.94. The van der Waals surface area contributed by atoms with Crippen molar-refractivity contribution in [2.24, 2.45) is 0 Å². The Labute approximate surface area is 113 Å². The lowest BCUT2D eigenvalue weighted by Gasteiger charge is -2.13. The first-order chi connectivity index (χ1) is 9.06. The smallest absolute Gasteiger partial charge is 0.312 e. The standard InChI is InChI=1S/C12H12FN3O2S/c1-7-15-12(19-16-7)14-6-10(11(17)18)8-2-4-9(13)5-3-8/h2-5,10H,6H2,1H3,(H,17,18)(H,14,15,16). The minimum absolute atomic E-state index is 0.176. The van der Waals surface area contributed by atoms with Crippen molar-refractivity contribution in [2.75, 3.05) is 11.9 Å². The van der Waals surface area contributed by atoms with E-state index in [1.54, 1.807) is 6.92 Å². The number of aryl methyl sites for hydroxylation is 1. The Morgan fingerprint density at radius 2 is 2.16 bits per heavy atom. The van der Waals surface area contributed by atoms with Gasteiger partial charge in [-0.3, -0.25) is 4.79 Å². The van der Waals surface area contributed by atoms with E-state index in [9.17, 15) is 14.3 Å². The Hall–Kier alpha value is -2.02. The maximum atomic E-state index is 12.8. The zero-order valence-corrected chi connectivity index (χ0v) is 10.9. The molecule has 0 saturated heterocycles. The van der Waals surface area contributed by atoms with Gasteiger partial charge in [-0.25, -0.2) is 9.37 Å². The molecule has 5 nitrogen and oxygen atoms in total. The second-order valence-corrected chi connectivity index (χ2v) is 4.72. The molecule has 100 valence electrons. The molecule has 0 spiro atoms. The summed E-state index contributed by atoms with van der Waals surface area (Å²) in [6.07, 6.45) is 0. The second kappa shape index (κ2) is 5.75. The number of carboxylic acid groups (broad SMARTS) is 1. The first-order valence-corrected chi connectivity index (χ1v) is 6.36. The Balaban J connectivity index is 2.08. The highest BCUT2D eigenvalue weighted by Gasteiger charge is 2.20. The van der Waals surface area contributed by atoms with Crippen molar-refractivity contribution in [3.05, 3.63) is 41.5 Å². The Morgan fingerprint density at radius 1 is 1.47 bits per heavy atom. The number of anilines is 1. The van der Waals surface area contributed by atoms with Crippen LogP contribution < -0.4 is 5.32 Å². The van der Waals surface area contributed by atoms with Crippen LogP contribution in [0.15, 0.2) is 24.3 Å². The first kappa shape index (κ1) is 13.4. The second-order valence-electron chi connectivity index (χ2n) is 3.97. The Morgan fingerprint density at radius 3 is 2.68 bits per heavy atom. The maximum absolute atomic E-state index is 12.8. The van der Waals surface area contributed by atoms with E-state index in [1.165, 1.54) is 35.8 Å². The van der Waals surface area contributed by atoms with Gasteiger partial charge in [0, 0.05) is 18.1 Å². The van der Waals surface area contributed by atoms with Crippen LogP contribution in [0.5, 0.6) is 0 Å². The van der Waals surface area contributed by atoms with Crippen molar-refractivity contribution in [3.8, 4) is 0 Å². The lowest BCUT2D eigenvalue weighted by Crippen LogP contribution is -2.20. The molecule has 1 heterocycles. The van der Waals surface area contributed by atoms with Crippen molar-refractivity contribution in [3.63, 3.8) is 0 Å². The number of nitrogens with one attached hydrogen (secondary N) is 1. The zero-order valence-electron chi connectivity index (χ0n) is 10.1. The molecule has 0 aliphatic rings. The molecule has 0 amide bonds. The monoisotopic (exact) mass is 281 g/mol. The van der Waals surface area contributed by atoms with E-state index in [-0.39, 0.29) is 12.4 Å². The molecular formula is C12H12FN3O2S. The molecule has 0 bridgehead atoms. The number of benzene rings is 1. The van der Waals surface area contributed by atoms with Gasteiger partial charge in [0.15, 0.2) is 0 Å². The van der Waals surface area contributed by atoms with Gasteiger partial charge in [-0.2, -0.15) is 4.37 Å². The molecule has 0 fully saturated rings. The molecule has 0 saturated carbocycles. The Bertz CT molecular complexity index is 571. The molecular weight excluding hydrogens is 269 g/mol. The summed E-state index contributed by atoms with van der Waals surface area (Å²) in [5.41, 5.74) is 0.544. The third-order valence-corrected chi connectivity index (χ3v) is 3.32. The molecule has 0 aliphatic heterocycles. The van der Waals surface area contributed by atoms with Crippen LogP contribution in [0.4, 0.5) is 9.52 Å². The van der Waals surface area contributed by atoms with Gasteiger partial charge in [-0.05, 0) is 24.6 Å². The summed E-state index contributed by atoms with van der Waals surface area (Å²) in [6, 6.07) is 5.45. The lowest BCUT2D eigenvalue weighted by molar-refractivity contribution is -0.138. The van der Waals surface area contributed by atoms with Gasteiger partial charge in [-0.15, -0.1) is 0 Å². The molecule has 1 aromatic heterocycles. The fourth-order valence-corrected chi connectivity index (χ4v) is 2.18. The number of halogens is 1. The number of rotatable bonds is 5. The number of hydrogen-bond donors (Lipinski definition) is 2. The summed E-state index contributed by atoms with van der Waals surface area (Å²) >= 11 is 1.18. The molecule has 2 aromatic rings. The van der Waals surface area contributed by atoms with Gasteiger partial charge in [0.2, 0.25) is 5.13 Å². The third-order valence-electron chi connectivity index (χ3n) is 2.56. The minimum Gasteiger partial charge on any atom is -0.481 e. The predicted octanol–water partition coefficient (Wildman–Crippen LogP) is 2.27. The quantitative estimate of drug-likeness (QED) is 0.879. The molecule has 1 atom stereocenters. The van der Waals surface area contributed by atoms with Gasteiger partial charge < -0.3 is 10.4 Å². The zero-order chi connectivity index (χ0) is 13.8. The molecule has 1 unspecified atom stereocenters. The van der Waals surface area contributed by atoms with Crippen LogP contribution in [0, 0.1) is 12.7 Å². The largest absolute Gasteiger partial charge is 0.481 e. The normalized spacial score (nSPS) is 12.1. The SMILES string of the molecule is Cc1nsc(NCC(C(=O)O)c2ccc(F)cc2)n1. The molecule has 2 N–H and O–H groups in total. The molecule has 1 aromatic carbocycles. The van der Waals surface area contributed by atoms with Crippen LogP contribution in [-0.2, 0) is 4.79 Å². The van der Waals surface area contributed by atoms with Crippen molar-refractivity contribution in [1.82, 2.24) is 9.36 Å². The number of aromatic nitrogens is 2. The fraction of sp³-hybridized carbons (Fsp3) is 0.250. The summed E-state index contributed by atoms with van der Waals surface area (Å²) in [4.78, 5) is 15.3. The van der Waals surface area contributed by atoms with Crippen molar-refractivity contribution < 1.29 is 14.3 Å². The number of hydrogen-bond acceptors (Lipinski definition) is 5. The van der Waals surface area contributed by atoms with E-state index in [4.69, 9.17) is 0 Å². The van der Waals surface area contributed by atoms with Gasteiger partial charge in [-0.1, -0.05) is 12.1 Å². The summed E-state index contributed by atoms with van der Waals surface area (Å²) < 4.78 is 16.8. The van der Waals surface area contributed by atoms with E-state index < -0.39 is 11.9 Å². The Kier molecular flexibility index (Phi) is 4.06. The first-order valence-electron chi connectivity index (χ1n) is 5.58. The van der Waals surface area contributed by atoms with Crippen LogP contribution in [0.1, 0.15) is 17.3 Å². The molecule has 7 heteroatoms. The topological polar surface area (TPSA) is 75.1 Å². The highest BCUT2D eigenvalue weighted by Crippen LogP contribution is 2.19. The number of aliphatic carboxylic acids is 1. The van der Waals surface area contributed by atoms with Crippen LogP contribution in [-0.4, -0.2) is 27.0 Å². The third kappa shape index (κ3) is 3.47. The number of carbonyl (C=O) groups is 1. The van der Waals surface area contributed by atoms with Gasteiger partial charge in [0.05, 0.1) is 5.92 Å². The van der Waals surface area contributed by atoms with Crippen molar-refractivity contribution >= 4 is 22.6 Å². The van der Waals surface area contributed by atoms with E-state index in [2.05, 4.69) is 14.7 Å². The van der Waals surface area contributed by atoms with Gasteiger partial charge >= 0.3 is 5.97 Å².